The summed E-state index contributed by atoms with van der Waals surface area (Å²) in [6.07, 6.45) is 5.01. The molecule has 5 rings (SSSR count). The summed E-state index contributed by atoms with van der Waals surface area (Å²) in [6, 6.07) is 10.8. The van der Waals surface area contributed by atoms with Crippen LogP contribution in [0.25, 0.3) is 0 Å². The molecule has 1 aromatic heterocycles. The van der Waals surface area contributed by atoms with Gasteiger partial charge in [0.05, 0.1) is 6.10 Å². The molecule has 2 N–H and O–H groups in total. The van der Waals surface area contributed by atoms with Crippen molar-refractivity contribution < 1.29 is 9.84 Å². The van der Waals surface area contributed by atoms with Crippen LogP contribution in [0.3, 0.4) is 0 Å². The molecule has 2 aliphatic heterocycles. The van der Waals surface area contributed by atoms with Crippen molar-refractivity contribution in [3.05, 3.63) is 42.2 Å². The predicted molar refractivity (Wildman–Crippen MR) is 99.7 cm³/mol. The highest BCUT2D eigenvalue weighted by Crippen LogP contribution is 2.50. The van der Waals surface area contributed by atoms with E-state index in [1.54, 1.807) is 6.33 Å². The van der Waals surface area contributed by atoms with Gasteiger partial charge in [-0.1, -0.05) is 18.2 Å². The Kier molecular flexibility index (Phi) is 3.83. The zero-order chi connectivity index (χ0) is 17.6. The quantitative estimate of drug-likeness (QED) is 0.885. The van der Waals surface area contributed by atoms with Crippen molar-refractivity contribution in [2.24, 2.45) is 5.41 Å². The van der Waals surface area contributed by atoms with Crippen LogP contribution in [-0.4, -0.2) is 47.0 Å². The topological polar surface area (TPSA) is 70.5 Å². The standard InChI is InChI=1S/C20H24N4O2/c25-17-11-16(20(17)6-9-26-10-7-20)23-18-12-19(22-13-21-18)24-8-5-14-3-1-2-4-15(14)24/h1-4,12-13,16-17,25H,5-11H2,(H,21,22,23)/t16-,17-/m1/s1. The third-order valence-electron chi connectivity index (χ3n) is 6.38. The van der Waals surface area contributed by atoms with E-state index in [9.17, 15) is 5.11 Å². The van der Waals surface area contributed by atoms with Gasteiger partial charge in [-0.2, -0.15) is 0 Å². The summed E-state index contributed by atoms with van der Waals surface area (Å²) < 4.78 is 5.50. The average molecular weight is 352 g/mol. The fourth-order valence-electron chi connectivity index (χ4n) is 4.73. The zero-order valence-corrected chi connectivity index (χ0v) is 14.8. The second kappa shape index (κ2) is 6.21. The van der Waals surface area contributed by atoms with Crippen molar-refractivity contribution in [3.8, 4) is 0 Å². The normalized spacial score (nSPS) is 26.4. The van der Waals surface area contributed by atoms with Crippen LogP contribution in [0.1, 0.15) is 24.8 Å². The Labute approximate surface area is 153 Å². The summed E-state index contributed by atoms with van der Waals surface area (Å²) in [5.41, 5.74) is 2.53. The minimum absolute atomic E-state index is 0.0659. The number of para-hydroxylation sites is 1. The molecule has 3 aliphatic rings. The Hall–Kier alpha value is -2.18. The molecule has 2 atom stereocenters. The van der Waals surface area contributed by atoms with Gasteiger partial charge in [0.25, 0.3) is 0 Å². The SMILES string of the molecule is O[C@@H]1C[C@@H](Nc2cc(N3CCc4ccccc43)ncn2)C12CCOCC2. The van der Waals surface area contributed by atoms with Crippen LogP contribution in [0.5, 0.6) is 0 Å². The van der Waals surface area contributed by atoms with Gasteiger partial charge in [-0.15, -0.1) is 0 Å². The number of fused-ring (bicyclic) bond motifs is 1. The summed E-state index contributed by atoms with van der Waals surface area (Å²) in [4.78, 5) is 11.2. The first-order valence-corrected chi connectivity index (χ1v) is 9.46. The van der Waals surface area contributed by atoms with E-state index in [0.717, 1.165) is 57.1 Å². The highest BCUT2D eigenvalue weighted by atomic mass is 16.5. The Morgan fingerprint density at radius 2 is 2.04 bits per heavy atom. The molecule has 1 saturated carbocycles. The molecule has 2 aromatic rings. The van der Waals surface area contributed by atoms with E-state index in [2.05, 4.69) is 44.5 Å². The maximum atomic E-state index is 10.4. The van der Waals surface area contributed by atoms with Crippen LogP contribution in [0.2, 0.25) is 0 Å². The van der Waals surface area contributed by atoms with Gasteiger partial charge >= 0.3 is 0 Å². The molecule has 1 saturated heterocycles. The molecule has 2 fully saturated rings. The summed E-state index contributed by atoms with van der Waals surface area (Å²) in [7, 11) is 0. The smallest absolute Gasteiger partial charge is 0.138 e. The average Bonchev–Trinajstić information content (AvgIpc) is 3.13. The lowest BCUT2D eigenvalue weighted by atomic mass is 9.58. The van der Waals surface area contributed by atoms with Crippen molar-refractivity contribution >= 4 is 17.3 Å². The lowest BCUT2D eigenvalue weighted by Gasteiger charge is -2.55. The van der Waals surface area contributed by atoms with Gasteiger partial charge in [-0.3, -0.25) is 0 Å². The first-order valence-electron chi connectivity index (χ1n) is 9.46. The van der Waals surface area contributed by atoms with E-state index < -0.39 is 0 Å². The number of hydrogen-bond donors (Lipinski definition) is 2. The number of nitrogens with one attached hydrogen (secondary N) is 1. The third kappa shape index (κ3) is 2.47. The molecular formula is C20H24N4O2. The van der Waals surface area contributed by atoms with Crippen LogP contribution >= 0.6 is 0 Å². The Balaban J connectivity index is 1.36. The summed E-state index contributed by atoms with van der Waals surface area (Å²) in [5.74, 6) is 1.76. The van der Waals surface area contributed by atoms with Crippen LogP contribution in [0, 0.1) is 5.41 Å². The summed E-state index contributed by atoms with van der Waals surface area (Å²) >= 11 is 0. The van der Waals surface area contributed by atoms with E-state index in [1.807, 2.05) is 6.07 Å². The van der Waals surface area contributed by atoms with Gasteiger partial charge in [0.15, 0.2) is 0 Å². The minimum atomic E-state index is -0.240. The Bertz CT molecular complexity index is 806. The number of ether oxygens (including phenoxy) is 1. The Morgan fingerprint density at radius 3 is 2.88 bits per heavy atom. The van der Waals surface area contributed by atoms with Gasteiger partial charge < -0.3 is 20.1 Å². The molecule has 1 aromatic carbocycles. The molecule has 1 aliphatic carbocycles. The van der Waals surface area contributed by atoms with E-state index in [0.29, 0.717) is 0 Å². The molecule has 0 amide bonds. The van der Waals surface area contributed by atoms with Crippen LogP contribution in [0.15, 0.2) is 36.7 Å². The lowest BCUT2D eigenvalue weighted by Crippen LogP contribution is -2.62. The molecular weight excluding hydrogens is 328 g/mol. The zero-order valence-electron chi connectivity index (χ0n) is 14.8. The molecule has 0 unspecified atom stereocenters. The third-order valence-corrected chi connectivity index (χ3v) is 6.38. The van der Waals surface area contributed by atoms with Crippen molar-refractivity contribution in [1.29, 1.82) is 0 Å². The number of aliphatic hydroxyl groups is 1. The summed E-state index contributed by atoms with van der Waals surface area (Å²) in [5, 5.41) is 13.9. The van der Waals surface area contributed by atoms with E-state index >= 15 is 0 Å². The molecule has 3 heterocycles. The fraction of sp³-hybridized carbons (Fsp3) is 0.500. The fourth-order valence-corrected chi connectivity index (χ4v) is 4.73. The first-order chi connectivity index (χ1) is 12.8. The molecule has 1 spiro atoms. The maximum Gasteiger partial charge on any atom is 0.138 e. The molecule has 0 bridgehead atoms. The number of aromatic nitrogens is 2. The van der Waals surface area contributed by atoms with Gasteiger partial charge in [0.2, 0.25) is 0 Å². The van der Waals surface area contributed by atoms with Crippen LogP contribution < -0.4 is 10.2 Å². The summed E-state index contributed by atoms with van der Waals surface area (Å²) in [6.45, 7) is 2.41. The number of aliphatic hydroxyl groups excluding tert-OH is 1. The predicted octanol–water partition coefficient (Wildman–Crippen LogP) is 2.51. The highest BCUT2D eigenvalue weighted by molar-refractivity contribution is 5.68. The molecule has 6 nitrogen and oxygen atoms in total. The first kappa shape index (κ1) is 16.0. The van der Waals surface area contributed by atoms with Gasteiger partial charge in [0, 0.05) is 43.0 Å². The second-order valence-corrected chi connectivity index (χ2v) is 7.59. The maximum absolute atomic E-state index is 10.4. The van der Waals surface area contributed by atoms with Crippen molar-refractivity contribution in [2.45, 2.75) is 37.8 Å². The van der Waals surface area contributed by atoms with E-state index in [4.69, 9.17) is 4.74 Å². The van der Waals surface area contributed by atoms with E-state index in [-0.39, 0.29) is 17.6 Å². The van der Waals surface area contributed by atoms with Gasteiger partial charge in [0.1, 0.15) is 18.0 Å². The van der Waals surface area contributed by atoms with Crippen molar-refractivity contribution in [3.63, 3.8) is 0 Å². The number of benzene rings is 1. The number of nitrogens with zero attached hydrogens (tertiary/aromatic N) is 3. The van der Waals surface area contributed by atoms with Crippen molar-refractivity contribution in [2.75, 3.05) is 30.0 Å². The minimum Gasteiger partial charge on any atom is -0.392 e. The highest BCUT2D eigenvalue weighted by Gasteiger charge is 2.55. The lowest BCUT2D eigenvalue weighted by molar-refractivity contribution is -0.133. The molecule has 6 heteroatoms. The second-order valence-electron chi connectivity index (χ2n) is 7.59. The van der Waals surface area contributed by atoms with Crippen molar-refractivity contribution in [1.82, 2.24) is 9.97 Å². The molecule has 0 radical (unpaired) electrons. The monoisotopic (exact) mass is 352 g/mol. The molecule has 136 valence electrons. The largest absolute Gasteiger partial charge is 0.392 e. The van der Waals surface area contributed by atoms with Crippen LogP contribution in [0.4, 0.5) is 17.3 Å². The van der Waals surface area contributed by atoms with Gasteiger partial charge in [-0.25, -0.2) is 9.97 Å². The van der Waals surface area contributed by atoms with Crippen LogP contribution in [-0.2, 0) is 11.2 Å². The molecule has 26 heavy (non-hydrogen) atoms. The van der Waals surface area contributed by atoms with Gasteiger partial charge in [-0.05, 0) is 37.3 Å². The number of hydrogen-bond acceptors (Lipinski definition) is 6. The number of rotatable bonds is 3. The number of anilines is 3. The van der Waals surface area contributed by atoms with E-state index in [1.165, 1.54) is 11.3 Å². The Morgan fingerprint density at radius 1 is 1.19 bits per heavy atom.